The zero-order chi connectivity index (χ0) is 20.7. The number of Topliss-reactive ketones (excluding diaryl/α,β-unsaturated/α-hetero) is 1. The molecule has 2 rings (SSSR count). The fourth-order valence-corrected chi connectivity index (χ4v) is 2.79. The molecule has 0 unspecified atom stereocenters. The van der Waals surface area contributed by atoms with Crippen molar-refractivity contribution in [1.29, 1.82) is 0 Å². The third-order valence-electron chi connectivity index (χ3n) is 4.09. The van der Waals surface area contributed by atoms with Gasteiger partial charge in [-0.3, -0.25) is 0 Å². The lowest BCUT2D eigenvalue weighted by molar-refractivity contribution is -0.138. The Kier molecular flexibility index (Phi) is 7.38. The Bertz CT molecular complexity index is 827. The number of ether oxygens (including phenoxy) is 1. The van der Waals surface area contributed by atoms with Gasteiger partial charge in [0.05, 0.1) is 5.56 Å². The van der Waals surface area contributed by atoms with E-state index in [4.69, 9.17) is 4.74 Å². The summed E-state index contributed by atoms with van der Waals surface area (Å²) in [5.74, 6) is 0.0368. The SMILES string of the molecule is CCCc1ccc(Oc2ccc(/C=C/[C@H](C)CC(C)=O)cn2)c(C(F)(F)F)c1. The van der Waals surface area contributed by atoms with Gasteiger partial charge in [-0.25, -0.2) is 4.98 Å². The summed E-state index contributed by atoms with van der Waals surface area (Å²) >= 11 is 0. The zero-order valence-corrected chi connectivity index (χ0v) is 16.2. The van der Waals surface area contributed by atoms with E-state index >= 15 is 0 Å². The van der Waals surface area contributed by atoms with Crippen molar-refractivity contribution in [2.24, 2.45) is 5.92 Å². The van der Waals surface area contributed by atoms with Crippen LogP contribution in [-0.2, 0) is 17.4 Å². The standard InChI is InChI=1S/C22H24F3NO2/c1-4-5-17-8-10-20(19(13-17)22(23,24)25)28-21-11-9-18(14-26-21)7-6-15(2)12-16(3)27/h6-11,13-15H,4-5,12H2,1-3H3/b7-6+/t15-/m0/s1. The largest absolute Gasteiger partial charge is 0.438 e. The Hall–Kier alpha value is -2.63. The highest BCUT2D eigenvalue weighted by molar-refractivity contribution is 5.76. The molecule has 0 spiro atoms. The summed E-state index contributed by atoms with van der Waals surface area (Å²) in [7, 11) is 0. The number of aromatic nitrogens is 1. The van der Waals surface area contributed by atoms with Crippen LogP contribution in [0.25, 0.3) is 6.08 Å². The van der Waals surface area contributed by atoms with Crippen LogP contribution in [-0.4, -0.2) is 10.8 Å². The second-order valence-electron chi connectivity index (χ2n) is 6.85. The molecule has 0 saturated carbocycles. The molecular weight excluding hydrogens is 367 g/mol. The minimum absolute atomic E-state index is 0.0858. The van der Waals surface area contributed by atoms with E-state index in [0.29, 0.717) is 18.4 Å². The number of pyridine rings is 1. The van der Waals surface area contributed by atoms with Crippen molar-refractivity contribution in [2.45, 2.75) is 46.2 Å². The first-order valence-corrected chi connectivity index (χ1v) is 9.20. The number of rotatable bonds is 8. The molecule has 0 amide bonds. The number of nitrogens with zero attached hydrogens (tertiary/aromatic N) is 1. The first-order valence-electron chi connectivity index (χ1n) is 9.20. The molecule has 1 heterocycles. The van der Waals surface area contributed by atoms with E-state index in [2.05, 4.69) is 4.98 Å². The molecule has 0 aliphatic rings. The maximum Gasteiger partial charge on any atom is 0.419 e. The number of halogens is 3. The van der Waals surface area contributed by atoms with E-state index in [9.17, 15) is 18.0 Å². The number of hydrogen-bond acceptors (Lipinski definition) is 3. The molecule has 0 fully saturated rings. The molecule has 1 aromatic carbocycles. The average molecular weight is 391 g/mol. The van der Waals surface area contributed by atoms with Crippen molar-refractivity contribution in [2.75, 3.05) is 0 Å². The van der Waals surface area contributed by atoms with Crippen molar-refractivity contribution in [1.82, 2.24) is 4.98 Å². The van der Waals surface area contributed by atoms with E-state index in [1.165, 1.54) is 18.3 Å². The van der Waals surface area contributed by atoms with Crippen LogP contribution in [0, 0.1) is 5.92 Å². The third-order valence-corrected chi connectivity index (χ3v) is 4.09. The highest BCUT2D eigenvalue weighted by Crippen LogP contribution is 2.38. The Morgan fingerprint density at radius 3 is 2.57 bits per heavy atom. The van der Waals surface area contributed by atoms with Gasteiger partial charge in [-0.15, -0.1) is 0 Å². The predicted molar refractivity (Wildman–Crippen MR) is 103 cm³/mol. The lowest BCUT2D eigenvalue weighted by Gasteiger charge is -2.14. The number of carbonyl (C=O) groups is 1. The summed E-state index contributed by atoms with van der Waals surface area (Å²) in [6.07, 6.45) is 2.53. The fraction of sp³-hybridized carbons (Fsp3) is 0.364. The van der Waals surface area contributed by atoms with Gasteiger partial charge in [0.2, 0.25) is 5.88 Å². The highest BCUT2D eigenvalue weighted by atomic mass is 19.4. The molecule has 0 aliphatic carbocycles. The van der Waals surface area contributed by atoms with Gasteiger partial charge in [-0.1, -0.05) is 38.5 Å². The molecule has 1 aromatic heterocycles. The van der Waals surface area contributed by atoms with Crippen LogP contribution in [0.1, 0.15) is 50.3 Å². The van der Waals surface area contributed by atoms with E-state index in [1.807, 2.05) is 26.0 Å². The number of hydrogen-bond donors (Lipinski definition) is 0. The molecule has 0 bridgehead atoms. The van der Waals surface area contributed by atoms with Crippen molar-refractivity contribution >= 4 is 11.9 Å². The summed E-state index contributed by atoms with van der Waals surface area (Å²) in [4.78, 5) is 15.2. The molecule has 0 N–H and O–H groups in total. The molecule has 3 nitrogen and oxygen atoms in total. The summed E-state index contributed by atoms with van der Waals surface area (Å²) in [6, 6.07) is 7.34. The van der Waals surface area contributed by atoms with Gasteiger partial charge in [-0.2, -0.15) is 13.2 Å². The van der Waals surface area contributed by atoms with Crippen molar-refractivity contribution in [3.63, 3.8) is 0 Å². The molecule has 1 atom stereocenters. The van der Waals surface area contributed by atoms with Gasteiger partial charge < -0.3 is 9.53 Å². The lowest BCUT2D eigenvalue weighted by atomic mass is 10.0. The van der Waals surface area contributed by atoms with Crippen LogP contribution in [0.2, 0.25) is 0 Å². The Morgan fingerprint density at radius 2 is 2.00 bits per heavy atom. The highest BCUT2D eigenvalue weighted by Gasteiger charge is 2.35. The van der Waals surface area contributed by atoms with E-state index in [-0.39, 0.29) is 23.3 Å². The maximum absolute atomic E-state index is 13.4. The van der Waals surface area contributed by atoms with Gasteiger partial charge in [0.1, 0.15) is 11.5 Å². The Labute approximate surface area is 163 Å². The number of benzene rings is 1. The van der Waals surface area contributed by atoms with Crippen molar-refractivity contribution in [3.05, 3.63) is 59.3 Å². The van der Waals surface area contributed by atoms with E-state index in [0.717, 1.165) is 18.1 Å². The van der Waals surface area contributed by atoms with Gasteiger partial charge in [0.15, 0.2) is 0 Å². The third kappa shape index (κ3) is 6.51. The molecule has 150 valence electrons. The van der Waals surface area contributed by atoms with Crippen LogP contribution in [0.4, 0.5) is 13.2 Å². The van der Waals surface area contributed by atoms with Gasteiger partial charge in [0, 0.05) is 18.7 Å². The number of ketones is 1. The van der Waals surface area contributed by atoms with Gasteiger partial charge >= 0.3 is 6.18 Å². The molecule has 0 saturated heterocycles. The molecule has 0 aliphatic heterocycles. The van der Waals surface area contributed by atoms with Gasteiger partial charge in [-0.05, 0) is 48.6 Å². The van der Waals surface area contributed by atoms with Crippen LogP contribution in [0.5, 0.6) is 11.6 Å². The Balaban J connectivity index is 2.15. The van der Waals surface area contributed by atoms with Crippen LogP contribution in [0.15, 0.2) is 42.6 Å². The molecule has 6 heteroatoms. The minimum atomic E-state index is -4.51. The molecule has 28 heavy (non-hydrogen) atoms. The zero-order valence-electron chi connectivity index (χ0n) is 16.2. The summed E-state index contributed by atoms with van der Waals surface area (Å²) < 4.78 is 45.5. The van der Waals surface area contributed by atoms with E-state index < -0.39 is 11.7 Å². The second kappa shape index (κ2) is 9.53. The van der Waals surface area contributed by atoms with Crippen LogP contribution < -0.4 is 4.74 Å². The normalized spacial score (nSPS) is 12.9. The smallest absolute Gasteiger partial charge is 0.419 e. The molecule has 2 aromatic rings. The molecular formula is C22H24F3NO2. The predicted octanol–water partition coefficient (Wildman–Crippen LogP) is 6.47. The number of allylic oxidation sites excluding steroid dienone is 1. The van der Waals surface area contributed by atoms with Crippen molar-refractivity contribution in [3.8, 4) is 11.6 Å². The first kappa shape index (κ1) is 21.7. The molecule has 0 radical (unpaired) electrons. The van der Waals surface area contributed by atoms with Crippen LogP contribution in [0.3, 0.4) is 0 Å². The van der Waals surface area contributed by atoms with Gasteiger partial charge in [0.25, 0.3) is 0 Å². The topological polar surface area (TPSA) is 39.2 Å². The summed E-state index contributed by atoms with van der Waals surface area (Å²) in [5.41, 5.74) is 0.592. The summed E-state index contributed by atoms with van der Waals surface area (Å²) in [5, 5.41) is 0. The number of carbonyl (C=O) groups excluding carboxylic acids is 1. The monoisotopic (exact) mass is 391 g/mol. The minimum Gasteiger partial charge on any atom is -0.438 e. The van der Waals surface area contributed by atoms with Crippen LogP contribution >= 0.6 is 0 Å². The second-order valence-corrected chi connectivity index (χ2v) is 6.85. The fourth-order valence-electron chi connectivity index (χ4n) is 2.79. The Morgan fingerprint density at radius 1 is 1.25 bits per heavy atom. The quantitative estimate of drug-likeness (QED) is 0.517. The lowest BCUT2D eigenvalue weighted by Crippen LogP contribution is -2.08. The number of aryl methyl sites for hydroxylation is 1. The average Bonchev–Trinajstić information content (AvgIpc) is 2.61. The summed E-state index contributed by atoms with van der Waals surface area (Å²) in [6.45, 7) is 5.39. The first-order chi connectivity index (χ1) is 13.2. The maximum atomic E-state index is 13.4. The van der Waals surface area contributed by atoms with Crippen molar-refractivity contribution < 1.29 is 22.7 Å². The van der Waals surface area contributed by atoms with E-state index in [1.54, 1.807) is 19.1 Å². The number of alkyl halides is 3.